The maximum atomic E-state index is 12.7. The minimum absolute atomic E-state index is 0.261. The lowest BCUT2D eigenvalue weighted by molar-refractivity contribution is 0.0954. The standard InChI is InChI=1S/C22H19N5O3/c1-14-18(22(29)27(25-14)17-11-7-4-8-12-17)13-23-24-21(28)19-15(2)30-26-20(19)16-9-5-3-6-10-16/h3-13,25H,1-2H3,(H,24,28). The van der Waals surface area contributed by atoms with Gasteiger partial charge in [-0.05, 0) is 26.0 Å². The highest BCUT2D eigenvalue weighted by Gasteiger charge is 2.21. The number of aromatic nitrogens is 3. The summed E-state index contributed by atoms with van der Waals surface area (Å²) in [4.78, 5) is 25.4. The van der Waals surface area contributed by atoms with Crippen molar-refractivity contribution >= 4 is 12.1 Å². The Labute approximate surface area is 171 Å². The van der Waals surface area contributed by atoms with Crippen molar-refractivity contribution in [2.24, 2.45) is 5.10 Å². The molecule has 30 heavy (non-hydrogen) atoms. The number of aromatic amines is 1. The van der Waals surface area contributed by atoms with Gasteiger partial charge in [0.2, 0.25) is 0 Å². The van der Waals surface area contributed by atoms with Crippen LogP contribution in [0.5, 0.6) is 0 Å². The summed E-state index contributed by atoms with van der Waals surface area (Å²) in [5.41, 5.74) is 5.38. The molecule has 0 bridgehead atoms. The first-order valence-corrected chi connectivity index (χ1v) is 9.28. The Bertz CT molecular complexity index is 1270. The average Bonchev–Trinajstić information content (AvgIpc) is 3.29. The number of para-hydroxylation sites is 1. The highest BCUT2D eigenvalue weighted by Crippen LogP contribution is 2.24. The average molecular weight is 401 g/mol. The molecule has 0 atom stereocenters. The third-order valence-electron chi connectivity index (χ3n) is 4.63. The lowest BCUT2D eigenvalue weighted by atomic mass is 10.1. The van der Waals surface area contributed by atoms with Gasteiger partial charge >= 0.3 is 0 Å². The van der Waals surface area contributed by atoms with Gasteiger partial charge in [0, 0.05) is 11.3 Å². The Morgan fingerprint density at radius 3 is 2.47 bits per heavy atom. The number of H-pyrrole nitrogens is 1. The molecular formula is C22H19N5O3. The second kappa shape index (κ2) is 8.04. The van der Waals surface area contributed by atoms with Gasteiger partial charge < -0.3 is 4.52 Å². The van der Waals surface area contributed by atoms with Crippen LogP contribution in [0.25, 0.3) is 16.9 Å². The van der Waals surface area contributed by atoms with Crippen molar-refractivity contribution in [2.45, 2.75) is 13.8 Å². The van der Waals surface area contributed by atoms with Crippen molar-refractivity contribution in [2.75, 3.05) is 0 Å². The molecule has 1 amide bonds. The van der Waals surface area contributed by atoms with Gasteiger partial charge in [-0.15, -0.1) is 0 Å². The van der Waals surface area contributed by atoms with Crippen molar-refractivity contribution in [1.82, 2.24) is 20.4 Å². The summed E-state index contributed by atoms with van der Waals surface area (Å²) in [5.74, 6) is -0.0914. The summed E-state index contributed by atoms with van der Waals surface area (Å²) < 4.78 is 6.63. The molecule has 0 saturated heterocycles. The number of hydrazone groups is 1. The first kappa shape index (κ1) is 19.1. The van der Waals surface area contributed by atoms with E-state index in [2.05, 4.69) is 20.8 Å². The lowest BCUT2D eigenvalue weighted by Gasteiger charge is -2.01. The topological polar surface area (TPSA) is 105 Å². The molecule has 8 nitrogen and oxygen atoms in total. The summed E-state index contributed by atoms with van der Waals surface area (Å²) in [7, 11) is 0. The van der Waals surface area contributed by atoms with Crippen LogP contribution in [0.2, 0.25) is 0 Å². The van der Waals surface area contributed by atoms with Crippen molar-refractivity contribution < 1.29 is 9.32 Å². The summed E-state index contributed by atoms with van der Waals surface area (Å²) in [6, 6.07) is 18.5. The third-order valence-corrected chi connectivity index (χ3v) is 4.63. The molecule has 2 aromatic carbocycles. The number of benzene rings is 2. The second-order valence-electron chi connectivity index (χ2n) is 6.65. The van der Waals surface area contributed by atoms with E-state index in [0.717, 1.165) is 5.56 Å². The highest BCUT2D eigenvalue weighted by atomic mass is 16.5. The first-order valence-electron chi connectivity index (χ1n) is 9.28. The molecule has 2 aromatic heterocycles. The molecule has 0 radical (unpaired) electrons. The Hall–Kier alpha value is -4.20. The van der Waals surface area contributed by atoms with E-state index in [1.807, 2.05) is 60.7 Å². The molecule has 2 N–H and O–H groups in total. The minimum atomic E-state index is -0.472. The zero-order valence-corrected chi connectivity index (χ0v) is 16.4. The SMILES string of the molecule is Cc1[nH]n(-c2ccccc2)c(=O)c1C=NNC(=O)c1c(-c2ccccc2)noc1C. The van der Waals surface area contributed by atoms with Crippen LogP contribution in [0.4, 0.5) is 0 Å². The molecule has 0 aliphatic carbocycles. The van der Waals surface area contributed by atoms with Crippen LogP contribution < -0.4 is 11.0 Å². The van der Waals surface area contributed by atoms with E-state index in [1.54, 1.807) is 13.8 Å². The number of nitrogens with zero attached hydrogens (tertiary/aromatic N) is 3. The predicted molar refractivity (Wildman–Crippen MR) is 113 cm³/mol. The molecule has 2 heterocycles. The molecule has 0 aliphatic rings. The maximum Gasteiger partial charge on any atom is 0.280 e. The number of rotatable bonds is 5. The summed E-state index contributed by atoms with van der Waals surface area (Å²) in [6.07, 6.45) is 1.33. The molecule has 4 rings (SSSR count). The maximum absolute atomic E-state index is 12.7. The smallest absolute Gasteiger partial charge is 0.280 e. The fourth-order valence-corrected chi connectivity index (χ4v) is 3.11. The monoisotopic (exact) mass is 401 g/mol. The number of nitrogens with one attached hydrogen (secondary N) is 2. The van der Waals surface area contributed by atoms with Crippen LogP contribution in [0, 0.1) is 13.8 Å². The van der Waals surface area contributed by atoms with Crippen LogP contribution in [0.15, 0.2) is 75.1 Å². The molecule has 0 unspecified atom stereocenters. The summed E-state index contributed by atoms with van der Waals surface area (Å²) in [6.45, 7) is 3.43. The van der Waals surface area contributed by atoms with E-state index in [0.29, 0.717) is 34.0 Å². The number of amides is 1. The van der Waals surface area contributed by atoms with Crippen LogP contribution in [0.3, 0.4) is 0 Å². The van der Waals surface area contributed by atoms with Gasteiger partial charge in [-0.1, -0.05) is 53.7 Å². The molecule has 8 heteroatoms. The molecular weight excluding hydrogens is 382 g/mol. The van der Waals surface area contributed by atoms with Crippen molar-refractivity contribution in [3.8, 4) is 16.9 Å². The van der Waals surface area contributed by atoms with Gasteiger partial charge in [0.25, 0.3) is 11.5 Å². The first-order chi connectivity index (χ1) is 14.6. The van der Waals surface area contributed by atoms with E-state index in [1.165, 1.54) is 10.9 Å². The van der Waals surface area contributed by atoms with Crippen molar-refractivity contribution in [1.29, 1.82) is 0 Å². The molecule has 150 valence electrons. The van der Waals surface area contributed by atoms with E-state index in [-0.39, 0.29) is 5.56 Å². The number of aryl methyl sites for hydroxylation is 2. The molecule has 0 fully saturated rings. The highest BCUT2D eigenvalue weighted by molar-refractivity contribution is 6.01. The molecule has 0 spiro atoms. The van der Waals surface area contributed by atoms with Gasteiger partial charge in [-0.25, -0.2) is 10.1 Å². The van der Waals surface area contributed by atoms with Crippen LogP contribution in [0.1, 0.15) is 27.4 Å². The fraction of sp³-hybridized carbons (Fsp3) is 0.0909. The molecule has 0 aliphatic heterocycles. The minimum Gasteiger partial charge on any atom is -0.360 e. The van der Waals surface area contributed by atoms with Gasteiger partial charge in [0.1, 0.15) is 17.0 Å². The van der Waals surface area contributed by atoms with E-state index in [9.17, 15) is 9.59 Å². The largest absolute Gasteiger partial charge is 0.360 e. The van der Waals surface area contributed by atoms with Crippen LogP contribution in [-0.2, 0) is 0 Å². The van der Waals surface area contributed by atoms with Gasteiger partial charge in [-0.3, -0.25) is 14.7 Å². The van der Waals surface area contributed by atoms with Gasteiger partial charge in [-0.2, -0.15) is 5.10 Å². The Morgan fingerprint density at radius 2 is 1.77 bits per heavy atom. The lowest BCUT2D eigenvalue weighted by Crippen LogP contribution is -2.21. The third kappa shape index (κ3) is 3.58. The zero-order valence-electron chi connectivity index (χ0n) is 16.4. The predicted octanol–water partition coefficient (Wildman–Crippen LogP) is 3.20. The number of carbonyl (C=O) groups excluding carboxylic acids is 1. The zero-order chi connectivity index (χ0) is 21.1. The van der Waals surface area contributed by atoms with Gasteiger partial charge in [0.15, 0.2) is 0 Å². The quantitative estimate of drug-likeness (QED) is 0.396. The van der Waals surface area contributed by atoms with E-state index >= 15 is 0 Å². The van der Waals surface area contributed by atoms with Crippen molar-refractivity contribution in [3.05, 3.63) is 93.6 Å². The summed E-state index contributed by atoms with van der Waals surface area (Å²) >= 11 is 0. The van der Waals surface area contributed by atoms with Crippen molar-refractivity contribution in [3.63, 3.8) is 0 Å². The Morgan fingerprint density at radius 1 is 1.10 bits per heavy atom. The van der Waals surface area contributed by atoms with Gasteiger partial charge in [0.05, 0.1) is 17.5 Å². The number of hydrogen-bond donors (Lipinski definition) is 2. The van der Waals surface area contributed by atoms with Crippen LogP contribution >= 0.6 is 0 Å². The number of hydrogen-bond acceptors (Lipinski definition) is 5. The normalized spacial score (nSPS) is 11.1. The Balaban J connectivity index is 1.57. The summed E-state index contributed by atoms with van der Waals surface area (Å²) in [5, 5.41) is 11.0. The Kier molecular flexibility index (Phi) is 5.13. The van der Waals surface area contributed by atoms with E-state index in [4.69, 9.17) is 4.52 Å². The number of carbonyl (C=O) groups is 1. The van der Waals surface area contributed by atoms with E-state index < -0.39 is 5.91 Å². The second-order valence-corrected chi connectivity index (χ2v) is 6.65. The van der Waals surface area contributed by atoms with Crippen LogP contribution in [-0.4, -0.2) is 27.1 Å². The molecule has 4 aromatic rings. The molecule has 0 saturated carbocycles. The fourth-order valence-electron chi connectivity index (χ4n) is 3.11.